The minimum atomic E-state index is -0.856. The van der Waals surface area contributed by atoms with Gasteiger partial charge in [-0.05, 0) is 36.4 Å². The summed E-state index contributed by atoms with van der Waals surface area (Å²) >= 11 is 0. The molecule has 0 unspecified atom stereocenters. The van der Waals surface area contributed by atoms with Crippen molar-refractivity contribution in [1.82, 2.24) is 0 Å². The van der Waals surface area contributed by atoms with Gasteiger partial charge in [0.05, 0.1) is 32.5 Å². The molecular formula is C21H17NO8. The maximum atomic E-state index is 12.7. The standard InChI is InChI=1S/C21H17NO8/c1-27-15-5-4-11-9-16(21(26)30-17(11)10-15)18(23)22-14-7-12(19(24)28-2)6-13(8-14)20(25)29-3/h4-10H,1-3H3,(H,22,23). The fourth-order valence-corrected chi connectivity index (χ4v) is 2.75. The van der Waals surface area contributed by atoms with E-state index < -0.39 is 23.5 Å². The van der Waals surface area contributed by atoms with Crippen molar-refractivity contribution in [3.63, 3.8) is 0 Å². The van der Waals surface area contributed by atoms with Crippen LogP contribution in [0.2, 0.25) is 0 Å². The van der Waals surface area contributed by atoms with Gasteiger partial charge < -0.3 is 23.9 Å². The van der Waals surface area contributed by atoms with E-state index in [-0.39, 0.29) is 28.0 Å². The Morgan fingerprint density at radius 1 is 0.867 bits per heavy atom. The summed E-state index contributed by atoms with van der Waals surface area (Å²) in [4.78, 5) is 48.7. The number of methoxy groups -OCH3 is 3. The number of hydrogen-bond donors (Lipinski definition) is 1. The van der Waals surface area contributed by atoms with E-state index in [0.717, 1.165) is 0 Å². The molecule has 0 aliphatic rings. The predicted molar refractivity (Wildman–Crippen MR) is 106 cm³/mol. The third-order valence-corrected chi connectivity index (χ3v) is 4.22. The second-order valence-electron chi connectivity index (χ2n) is 6.09. The molecule has 0 aliphatic carbocycles. The molecule has 0 radical (unpaired) electrons. The van der Waals surface area contributed by atoms with Crippen molar-refractivity contribution >= 4 is 34.5 Å². The smallest absolute Gasteiger partial charge is 0.349 e. The summed E-state index contributed by atoms with van der Waals surface area (Å²) in [7, 11) is 3.84. The van der Waals surface area contributed by atoms with Crippen LogP contribution in [0.15, 0.2) is 51.7 Å². The largest absolute Gasteiger partial charge is 0.497 e. The maximum absolute atomic E-state index is 12.7. The van der Waals surface area contributed by atoms with Gasteiger partial charge in [-0.25, -0.2) is 14.4 Å². The van der Waals surface area contributed by atoms with E-state index in [1.54, 1.807) is 12.1 Å². The Morgan fingerprint density at radius 2 is 1.50 bits per heavy atom. The molecule has 0 saturated heterocycles. The summed E-state index contributed by atoms with van der Waals surface area (Å²) in [6, 6.07) is 10.1. The highest BCUT2D eigenvalue weighted by Gasteiger charge is 2.18. The first kappa shape index (κ1) is 20.6. The van der Waals surface area contributed by atoms with Gasteiger partial charge in [-0.3, -0.25) is 4.79 Å². The monoisotopic (exact) mass is 411 g/mol. The lowest BCUT2D eigenvalue weighted by Crippen LogP contribution is -2.21. The molecule has 30 heavy (non-hydrogen) atoms. The molecule has 1 amide bonds. The van der Waals surface area contributed by atoms with Crippen LogP contribution >= 0.6 is 0 Å². The van der Waals surface area contributed by atoms with Gasteiger partial charge in [0, 0.05) is 17.1 Å². The molecule has 154 valence electrons. The first-order chi connectivity index (χ1) is 14.4. The Morgan fingerprint density at radius 3 is 2.07 bits per heavy atom. The van der Waals surface area contributed by atoms with Crippen LogP contribution < -0.4 is 15.7 Å². The van der Waals surface area contributed by atoms with Crippen LogP contribution in [0, 0.1) is 0 Å². The molecule has 0 bridgehead atoms. The Bertz CT molecular complexity index is 1180. The van der Waals surface area contributed by atoms with E-state index in [4.69, 9.17) is 9.15 Å². The first-order valence-electron chi connectivity index (χ1n) is 8.61. The van der Waals surface area contributed by atoms with Crippen LogP contribution in [0.3, 0.4) is 0 Å². The summed E-state index contributed by atoms with van der Waals surface area (Å²) in [5.41, 5.74) is -0.711. The molecule has 3 rings (SSSR count). The molecule has 1 N–H and O–H groups in total. The zero-order valence-corrected chi connectivity index (χ0v) is 16.3. The first-order valence-corrected chi connectivity index (χ1v) is 8.61. The zero-order valence-electron chi connectivity index (χ0n) is 16.3. The van der Waals surface area contributed by atoms with E-state index in [1.807, 2.05) is 0 Å². The van der Waals surface area contributed by atoms with Gasteiger partial charge in [0.25, 0.3) is 5.91 Å². The molecule has 0 spiro atoms. The van der Waals surface area contributed by atoms with E-state index in [1.165, 1.54) is 51.7 Å². The SMILES string of the molecule is COC(=O)c1cc(NC(=O)c2cc3ccc(OC)cc3oc2=O)cc(C(=O)OC)c1. The summed E-state index contributed by atoms with van der Waals surface area (Å²) in [5.74, 6) is -1.71. The molecule has 9 heteroatoms. The van der Waals surface area contributed by atoms with Gasteiger partial charge in [-0.2, -0.15) is 0 Å². The summed E-state index contributed by atoms with van der Waals surface area (Å²) < 4.78 is 19.6. The van der Waals surface area contributed by atoms with Crippen LogP contribution in [0.4, 0.5) is 5.69 Å². The average molecular weight is 411 g/mol. The summed E-state index contributed by atoms with van der Waals surface area (Å²) in [6.07, 6.45) is 0. The minimum absolute atomic E-state index is 0.0216. The van der Waals surface area contributed by atoms with Crippen molar-refractivity contribution in [3.8, 4) is 5.75 Å². The van der Waals surface area contributed by atoms with Crippen molar-refractivity contribution in [2.75, 3.05) is 26.6 Å². The van der Waals surface area contributed by atoms with E-state index in [9.17, 15) is 19.2 Å². The third-order valence-electron chi connectivity index (χ3n) is 4.22. The van der Waals surface area contributed by atoms with Gasteiger partial charge in [-0.1, -0.05) is 0 Å². The van der Waals surface area contributed by atoms with Gasteiger partial charge in [-0.15, -0.1) is 0 Å². The summed E-state index contributed by atoms with van der Waals surface area (Å²) in [6.45, 7) is 0. The fraction of sp³-hybridized carbons (Fsp3) is 0.143. The number of ether oxygens (including phenoxy) is 3. The fourth-order valence-electron chi connectivity index (χ4n) is 2.75. The van der Waals surface area contributed by atoms with Crippen molar-refractivity contribution in [2.24, 2.45) is 0 Å². The quantitative estimate of drug-likeness (QED) is 0.502. The topological polar surface area (TPSA) is 121 Å². The zero-order chi connectivity index (χ0) is 21.8. The molecular weight excluding hydrogens is 394 g/mol. The average Bonchev–Trinajstić information content (AvgIpc) is 2.76. The van der Waals surface area contributed by atoms with Gasteiger partial charge >= 0.3 is 17.6 Å². The lowest BCUT2D eigenvalue weighted by atomic mass is 10.1. The highest BCUT2D eigenvalue weighted by molar-refractivity contribution is 6.07. The number of hydrogen-bond acceptors (Lipinski definition) is 8. The van der Waals surface area contributed by atoms with Crippen molar-refractivity contribution in [2.45, 2.75) is 0 Å². The molecule has 1 heterocycles. The Balaban J connectivity index is 1.99. The molecule has 0 aliphatic heterocycles. The predicted octanol–water partition coefficient (Wildman–Crippen LogP) is 2.63. The molecule has 0 atom stereocenters. The van der Waals surface area contributed by atoms with E-state index in [2.05, 4.69) is 14.8 Å². The van der Waals surface area contributed by atoms with Crippen LogP contribution in [-0.2, 0) is 9.47 Å². The molecule has 9 nitrogen and oxygen atoms in total. The van der Waals surface area contributed by atoms with E-state index >= 15 is 0 Å². The lowest BCUT2D eigenvalue weighted by molar-refractivity contribution is 0.0599. The van der Waals surface area contributed by atoms with Crippen molar-refractivity contribution < 1.29 is 33.0 Å². The van der Waals surface area contributed by atoms with Crippen LogP contribution in [0.5, 0.6) is 5.75 Å². The van der Waals surface area contributed by atoms with Crippen LogP contribution in [0.1, 0.15) is 31.1 Å². The van der Waals surface area contributed by atoms with Gasteiger partial charge in [0.15, 0.2) is 0 Å². The maximum Gasteiger partial charge on any atom is 0.349 e. The molecule has 1 aromatic heterocycles. The molecule has 0 fully saturated rings. The van der Waals surface area contributed by atoms with Crippen molar-refractivity contribution in [1.29, 1.82) is 0 Å². The molecule has 0 saturated carbocycles. The molecule has 2 aromatic carbocycles. The van der Waals surface area contributed by atoms with Gasteiger partial charge in [0.2, 0.25) is 0 Å². The van der Waals surface area contributed by atoms with Gasteiger partial charge in [0.1, 0.15) is 16.9 Å². The third kappa shape index (κ3) is 4.14. The lowest BCUT2D eigenvalue weighted by Gasteiger charge is -2.09. The Labute approximate surface area is 170 Å². The normalized spacial score (nSPS) is 10.4. The second-order valence-corrected chi connectivity index (χ2v) is 6.09. The number of fused-ring (bicyclic) bond motifs is 1. The number of anilines is 1. The number of carbonyl (C=O) groups excluding carboxylic acids is 3. The Kier molecular flexibility index (Phi) is 5.82. The number of carbonyl (C=O) groups is 3. The number of esters is 2. The Hall–Kier alpha value is -4.14. The van der Waals surface area contributed by atoms with E-state index in [0.29, 0.717) is 11.1 Å². The number of amides is 1. The number of benzene rings is 2. The van der Waals surface area contributed by atoms with Crippen molar-refractivity contribution in [3.05, 3.63) is 69.6 Å². The van der Waals surface area contributed by atoms with Crippen LogP contribution in [0.25, 0.3) is 11.0 Å². The number of rotatable bonds is 5. The van der Waals surface area contributed by atoms with Crippen LogP contribution in [-0.4, -0.2) is 39.2 Å². The highest BCUT2D eigenvalue weighted by Crippen LogP contribution is 2.21. The summed E-state index contributed by atoms with van der Waals surface area (Å²) in [5, 5.41) is 3.00. The minimum Gasteiger partial charge on any atom is -0.497 e. The highest BCUT2D eigenvalue weighted by atomic mass is 16.5. The second kappa shape index (κ2) is 8.48. The number of nitrogens with one attached hydrogen (secondary N) is 1. The molecule has 3 aromatic rings.